The highest BCUT2D eigenvalue weighted by atomic mass is 79.9. The van der Waals surface area contributed by atoms with Crippen LogP contribution >= 0.6 is 50.5 Å². The molecule has 2 rings (SSSR count). The molecule has 1 atom stereocenters. The van der Waals surface area contributed by atoms with Crippen molar-refractivity contribution in [3.05, 3.63) is 54.1 Å². The predicted octanol–water partition coefficient (Wildman–Crippen LogP) is 5.63. The Kier molecular flexibility index (Phi) is 5.32. The molecule has 0 saturated carbocycles. The Labute approximate surface area is 136 Å². The largest absolute Gasteiger partial charge is 0.312 e. The summed E-state index contributed by atoms with van der Waals surface area (Å²) in [6.45, 7) is 2.10. The van der Waals surface area contributed by atoms with Crippen LogP contribution in [0.1, 0.15) is 22.0 Å². The second kappa shape index (κ2) is 6.59. The van der Waals surface area contributed by atoms with E-state index in [0.29, 0.717) is 0 Å². The zero-order valence-corrected chi connectivity index (χ0v) is 14.6. The number of halogens is 3. The zero-order chi connectivity index (χ0) is 14.0. The number of rotatable bonds is 4. The van der Waals surface area contributed by atoms with Crippen molar-refractivity contribution in [1.29, 1.82) is 0 Å². The van der Waals surface area contributed by atoms with Gasteiger partial charge in [-0.25, -0.2) is 0 Å². The van der Waals surface area contributed by atoms with Gasteiger partial charge in [0.25, 0.3) is 0 Å². The van der Waals surface area contributed by atoms with Crippen molar-refractivity contribution in [2.75, 3.05) is 7.05 Å². The lowest BCUT2D eigenvalue weighted by Gasteiger charge is -2.15. The Morgan fingerprint density at radius 3 is 2.63 bits per heavy atom. The van der Waals surface area contributed by atoms with Gasteiger partial charge in [0.2, 0.25) is 0 Å². The molecule has 5 heteroatoms. The predicted molar refractivity (Wildman–Crippen MR) is 88.7 cm³/mol. The Bertz CT molecular complexity index is 563. The third-order valence-corrected chi connectivity index (χ3v) is 5.85. The van der Waals surface area contributed by atoms with Gasteiger partial charge in [-0.3, -0.25) is 0 Å². The maximum Gasteiger partial charge on any atom is 0.0731 e. The number of thiophene rings is 1. The summed E-state index contributed by atoms with van der Waals surface area (Å²) in [5.74, 6) is 0. The summed E-state index contributed by atoms with van der Waals surface area (Å²) < 4.78 is 1.18. The van der Waals surface area contributed by atoms with Crippen molar-refractivity contribution in [3.63, 3.8) is 0 Å². The molecule has 1 heterocycles. The van der Waals surface area contributed by atoms with Crippen LogP contribution in [0.15, 0.2) is 28.1 Å². The molecule has 1 N–H and O–H groups in total. The van der Waals surface area contributed by atoms with E-state index in [9.17, 15) is 0 Å². The highest BCUT2D eigenvalue weighted by molar-refractivity contribution is 9.11. The summed E-state index contributed by atoms with van der Waals surface area (Å²) >= 11 is 17.6. The average molecular weight is 379 g/mol. The lowest BCUT2D eigenvalue weighted by molar-refractivity contribution is 0.602. The Hall–Kier alpha value is -0.0600. The zero-order valence-electron chi connectivity index (χ0n) is 10.6. The Balaban J connectivity index is 2.26. The first-order chi connectivity index (χ1) is 9.01. The van der Waals surface area contributed by atoms with Crippen LogP contribution in [0.4, 0.5) is 0 Å². The molecule has 0 bridgehead atoms. The molecule has 0 amide bonds. The Morgan fingerprint density at radius 1 is 1.32 bits per heavy atom. The standard InChI is InChI=1S/C14H14BrCl2NS/c1-8-5-13(19-14(8)15)12(18-2)7-9-6-10(16)3-4-11(9)17/h3-6,12,18H,7H2,1-2H3. The first-order valence-electron chi connectivity index (χ1n) is 5.88. The molecule has 0 fully saturated rings. The summed E-state index contributed by atoms with van der Waals surface area (Å²) in [6.07, 6.45) is 0.822. The van der Waals surface area contributed by atoms with E-state index in [4.69, 9.17) is 23.2 Å². The van der Waals surface area contributed by atoms with Crippen LogP contribution in [-0.2, 0) is 6.42 Å². The van der Waals surface area contributed by atoms with Crippen molar-refractivity contribution in [1.82, 2.24) is 5.32 Å². The van der Waals surface area contributed by atoms with Crippen LogP contribution in [-0.4, -0.2) is 7.05 Å². The van der Waals surface area contributed by atoms with Crippen molar-refractivity contribution in [2.45, 2.75) is 19.4 Å². The SMILES string of the molecule is CNC(Cc1cc(Cl)ccc1Cl)c1cc(C)c(Br)s1. The fourth-order valence-electron chi connectivity index (χ4n) is 1.92. The smallest absolute Gasteiger partial charge is 0.0731 e. The summed E-state index contributed by atoms with van der Waals surface area (Å²) in [5.41, 5.74) is 2.33. The van der Waals surface area contributed by atoms with Gasteiger partial charge in [-0.2, -0.15) is 0 Å². The van der Waals surface area contributed by atoms with E-state index in [1.54, 1.807) is 11.3 Å². The summed E-state index contributed by atoms with van der Waals surface area (Å²) in [7, 11) is 1.96. The molecule has 19 heavy (non-hydrogen) atoms. The molecule has 0 saturated heterocycles. The minimum absolute atomic E-state index is 0.242. The highest BCUT2D eigenvalue weighted by Crippen LogP contribution is 2.34. The van der Waals surface area contributed by atoms with Gasteiger partial charge in [-0.05, 0) is 71.7 Å². The van der Waals surface area contributed by atoms with Gasteiger partial charge >= 0.3 is 0 Å². The van der Waals surface area contributed by atoms with Crippen LogP contribution in [0.2, 0.25) is 10.0 Å². The first-order valence-corrected chi connectivity index (χ1v) is 8.25. The summed E-state index contributed by atoms with van der Waals surface area (Å²) in [5, 5.41) is 4.82. The van der Waals surface area contributed by atoms with Crippen LogP contribution in [0.3, 0.4) is 0 Å². The average Bonchev–Trinajstić information content (AvgIpc) is 2.70. The fourth-order valence-corrected chi connectivity index (χ4v) is 3.99. The molecule has 0 aliphatic carbocycles. The number of benzene rings is 1. The summed E-state index contributed by atoms with van der Waals surface area (Å²) in [4.78, 5) is 1.29. The van der Waals surface area contributed by atoms with Crippen molar-refractivity contribution in [2.24, 2.45) is 0 Å². The lowest BCUT2D eigenvalue weighted by Crippen LogP contribution is -2.17. The minimum Gasteiger partial charge on any atom is -0.312 e. The number of likely N-dealkylation sites (N-methyl/N-ethyl adjacent to an activating group) is 1. The molecule has 1 aromatic heterocycles. The van der Waals surface area contributed by atoms with Crippen LogP contribution in [0, 0.1) is 6.92 Å². The lowest BCUT2D eigenvalue weighted by atomic mass is 10.0. The van der Waals surface area contributed by atoms with E-state index in [2.05, 4.69) is 34.2 Å². The normalized spacial score (nSPS) is 12.7. The monoisotopic (exact) mass is 377 g/mol. The highest BCUT2D eigenvalue weighted by Gasteiger charge is 2.16. The van der Waals surface area contributed by atoms with Crippen LogP contribution in [0.5, 0.6) is 0 Å². The van der Waals surface area contributed by atoms with Crippen LogP contribution in [0.25, 0.3) is 0 Å². The van der Waals surface area contributed by atoms with E-state index in [0.717, 1.165) is 22.0 Å². The third-order valence-electron chi connectivity index (χ3n) is 3.00. The van der Waals surface area contributed by atoms with Gasteiger partial charge in [0.1, 0.15) is 0 Å². The molecular formula is C14H14BrCl2NS. The molecule has 1 aromatic carbocycles. The summed E-state index contributed by atoms with van der Waals surface area (Å²) in [6, 6.07) is 8.04. The van der Waals surface area contributed by atoms with Crippen molar-refractivity contribution in [3.8, 4) is 0 Å². The number of hydrogen-bond acceptors (Lipinski definition) is 2. The van der Waals surface area contributed by atoms with E-state index >= 15 is 0 Å². The molecule has 102 valence electrons. The minimum atomic E-state index is 0.242. The second-order valence-electron chi connectivity index (χ2n) is 4.39. The molecule has 0 aliphatic heterocycles. The van der Waals surface area contributed by atoms with Gasteiger partial charge in [-0.15, -0.1) is 11.3 Å². The molecule has 0 spiro atoms. The van der Waals surface area contributed by atoms with Crippen molar-refractivity contribution < 1.29 is 0 Å². The fraction of sp³-hybridized carbons (Fsp3) is 0.286. The van der Waals surface area contributed by atoms with Crippen molar-refractivity contribution >= 4 is 50.5 Å². The maximum atomic E-state index is 6.23. The van der Waals surface area contributed by atoms with Gasteiger partial charge in [0.05, 0.1) is 3.79 Å². The second-order valence-corrected chi connectivity index (χ2v) is 7.63. The van der Waals surface area contributed by atoms with Gasteiger partial charge < -0.3 is 5.32 Å². The maximum absolute atomic E-state index is 6.23. The van der Waals surface area contributed by atoms with E-state index in [1.807, 2.05) is 25.2 Å². The van der Waals surface area contributed by atoms with Crippen LogP contribution < -0.4 is 5.32 Å². The first kappa shape index (κ1) is 15.3. The van der Waals surface area contributed by atoms with Gasteiger partial charge in [-0.1, -0.05) is 23.2 Å². The Morgan fingerprint density at radius 2 is 2.05 bits per heavy atom. The number of hydrogen-bond donors (Lipinski definition) is 1. The molecule has 2 aromatic rings. The molecular weight excluding hydrogens is 365 g/mol. The number of nitrogens with one attached hydrogen (secondary N) is 1. The molecule has 0 aliphatic rings. The van der Waals surface area contributed by atoms with Gasteiger partial charge in [0, 0.05) is 21.0 Å². The van der Waals surface area contributed by atoms with E-state index in [-0.39, 0.29) is 6.04 Å². The molecule has 0 radical (unpaired) electrons. The van der Waals surface area contributed by atoms with Gasteiger partial charge in [0.15, 0.2) is 0 Å². The quantitative estimate of drug-likeness (QED) is 0.726. The van der Waals surface area contributed by atoms with E-state index < -0.39 is 0 Å². The number of aryl methyl sites for hydroxylation is 1. The molecule has 1 unspecified atom stereocenters. The topological polar surface area (TPSA) is 12.0 Å². The van der Waals surface area contributed by atoms with E-state index in [1.165, 1.54) is 14.2 Å². The molecule has 1 nitrogen and oxygen atoms in total. The third kappa shape index (κ3) is 3.73.